The van der Waals surface area contributed by atoms with E-state index in [-0.39, 0.29) is 11.8 Å². The van der Waals surface area contributed by atoms with Gasteiger partial charge >= 0.3 is 0 Å². The summed E-state index contributed by atoms with van der Waals surface area (Å²) in [5.41, 5.74) is 1.62. The van der Waals surface area contributed by atoms with Crippen LogP contribution in [0, 0.1) is 5.92 Å². The Morgan fingerprint density at radius 1 is 0.846 bits per heavy atom. The molecule has 0 bridgehead atoms. The molecule has 0 fully saturated rings. The molecular formula is C19H20N6O. The van der Waals surface area contributed by atoms with Crippen LogP contribution in [-0.4, -0.2) is 20.9 Å². The largest absolute Gasteiger partial charge is 0.340 e. The maximum Gasteiger partial charge on any atom is 0.226 e. The number of nitrogens with one attached hydrogen (secondary N) is 3. The number of rotatable bonds is 6. The van der Waals surface area contributed by atoms with Crippen molar-refractivity contribution in [2.24, 2.45) is 5.92 Å². The van der Waals surface area contributed by atoms with Crippen molar-refractivity contribution in [2.75, 3.05) is 16.0 Å². The highest BCUT2D eigenvalue weighted by Gasteiger charge is 2.07. The summed E-state index contributed by atoms with van der Waals surface area (Å²) in [5.74, 6) is 1.94. The Hall–Kier alpha value is -3.48. The topological polar surface area (TPSA) is 91.8 Å². The van der Waals surface area contributed by atoms with E-state index in [1.807, 2.05) is 56.3 Å². The third-order valence-electron chi connectivity index (χ3n) is 3.54. The number of aromatic nitrogens is 3. The quantitative estimate of drug-likeness (QED) is 0.625. The molecule has 132 valence electrons. The normalized spacial score (nSPS) is 10.4. The van der Waals surface area contributed by atoms with E-state index in [9.17, 15) is 4.79 Å². The lowest BCUT2D eigenvalue weighted by Gasteiger charge is -2.10. The van der Waals surface area contributed by atoms with Gasteiger partial charge in [0.2, 0.25) is 5.91 Å². The van der Waals surface area contributed by atoms with Crippen LogP contribution in [-0.2, 0) is 4.79 Å². The highest BCUT2D eigenvalue weighted by atomic mass is 16.1. The third-order valence-corrected chi connectivity index (χ3v) is 3.54. The number of amides is 1. The maximum absolute atomic E-state index is 11.7. The molecule has 7 nitrogen and oxygen atoms in total. The van der Waals surface area contributed by atoms with Crippen LogP contribution in [0.25, 0.3) is 0 Å². The Kier molecular flexibility index (Phi) is 5.38. The van der Waals surface area contributed by atoms with Crippen LogP contribution in [0.3, 0.4) is 0 Å². The Labute approximate surface area is 151 Å². The number of pyridine rings is 1. The molecule has 3 rings (SSSR count). The highest BCUT2D eigenvalue weighted by Crippen LogP contribution is 2.20. The van der Waals surface area contributed by atoms with Gasteiger partial charge in [-0.05, 0) is 36.4 Å². The Bertz CT molecular complexity index is 865. The molecule has 26 heavy (non-hydrogen) atoms. The van der Waals surface area contributed by atoms with E-state index in [1.54, 1.807) is 12.3 Å². The Morgan fingerprint density at radius 3 is 2.19 bits per heavy atom. The molecule has 1 amide bonds. The molecule has 0 aliphatic rings. The van der Waals surface area contributed by atoms with E-state index in [4.69, 9.17) is 0 Å². The second kappa shape index (κ2) is 8.06. The fraction of sp³-hybridized carbons (Fsp3) is 0.158. The van der Waals surface area contributed by atoms with Crippen LogP contribution < -0.4 is 16.0 Å². The van der Waals surface area contributed by atoms with Gasteiger partial charge in [-0.3, -0.25) is 4.79 Å². The molecule has 7 heteroatoms. The van der Waals surface area contributed by atoms with Crippen molar-refractivity contribution in [1.82, 2.24) is 15.0 Å². The summed E-state index contributed by atoms with van der Waals surface area (Å²) >= 11 is 0. The van der Waals surface area contributed by atoms with Crippen molar-refractivity contribution < 1.29 is 4.79 Å². The molecule has 0 atom stereocenters. The van der Waals surface area contributed by atoms with Crippen molar-refractivity contribution in [2.45, 2.75) is 13.8 Å². The molecule has 0 radical (unpaired) electrons. The molecule has 0 aliphatic heterocycles. The first-order valence-corrected chi connectivity index (χ1v) is 8.28. The van der Waals surface area contributed by atoms with E-state index in [1.165, 1.54) is 6.33 Å². The summed E-state index contributed by atoms with van der Waals surface area (Å²) < 4.78 is 0. The van der Waals surface area contributed by atoms with Gasteiger partial charge < -0.3 is 16.0 Å². The molecule has 0 saturated carbocycles. The lowest BCUT2D eigenvalue weighted by molar-refractivity contribution is -0.118. The zero-order chi connectivity index (χ0) is 18.4. The summed E-state index contributed by atoms with van der Waals surface area (Å²) in [6.45, 7) is 3.72. The Morgan fingerprint density at radius 2 is 1.54 bits per heavy atom. The summed E-state index contributed by atoms with van der Waals surface area (Å²) in [6.07, 6.45) is 3.19. The van der Waals surface area contributed by atoms with Crippen molar-refractivity contribution in [1.29, 1.82) is 0 Å². The summed E-state index contributed by atoms with van der Waals surface area (Å²) in [6, 6.07) is 14.9. The lowest BCUT2D eigenvalue weighted by atomic mass is 10.2. The van der Waals surface area contributed by atoms with E-state index < -0.39 is 0 Å². The molecule has 2 heterocycles. The first-order valence-electron chi connectivity index (χ1n) is 8.28. The number of hydrogen-bond acceptors (Lipinski definition) is 6. The Balaban J connectivity index is 1.65. The summed E-state index contributed by atoms with van der Waals surface area (Å²) in [7, 11) is 0. The van der Waals surface area contributed by atoms with Gasteiger partial charge in [0.15, 0.2) is 0 Å². The fourth-order valence-electron chi connectivity index (χ4n) is 2.13. The van der Waals surface area contributed by atoms with Gasteiger partial charge in [-0.2, -0.15) is 0 Å². The number of hydrogen-bond donors (Lipinski definition) is 3. The van der Waals surface area contributed by atoms with E-state index in [2.05, 4.69) is 30.9 Å². The van der Waals surface area contributed by atoms with Gasteiger partial charge in [0.1, 0.15) is 23.8 Å². The van der Waals surface area contributed by atoms with Crippen molar-refractivity contribution in [3.05, 3.63) is 61.1 Å². The van der Waals surface area contributed by atoms with Crippen molar-refractivity contribution in [3.8, 4) is 0 Å². The highest BCUT2D eigenvalue weighted by molar-refractivity contribution is 5.92. The second-order valence-corrected chi connectivity index (χ2v) is 5.97. The molecule has 3 aromatic rings. The third kappa shape index (κ3) is 4.76. The molecule has 2 aromatic heterocycles. The first kappa shape index (κ1) is 17.3. The molecule has 0 unspecified atom stereocenters. The smallest absolute Gasteiger partial charge is 0.226 e. The minimum atomic E-state index is -0.0566. The SMILES string of the molecule is CC(C)C(=O)Nc1ccc(Nc2cc(Nc3ccccn3)ncn2)cc1. The predicted molar refractivity (Wildman–Crippen MR) is 103 cm³/mol. The molecule has 0 spiro atoms. The van der Waals surface area contributed by atoms with Crippen molar-refractivity contribution >= 4 is 34.7 Å². The minimum absolute atomic E-state index is 0.00764. The number of carbonyl (C=O) groups excluding carboxylic acids is 1. The van der Waals surface area contributed by atoms with Gasteiger partial charge in [-0.1, -0.05) is 19.9 Å². The maximum atomic E-state index is 11.7. The second-order valence-electron chi connectivity index (χ2n) is 5.97. The predicted octanol–water partition coefficient (Wildman–Crippen LogP) is 3.95. The number of carbonyl (C=O) groups is 1. The summed E-state index contributed by atoms with van der Waals surface area (Å²) in [5, 5.41) is 9.19. The van der Waals surface area contributed by atoms with Crippen LogP contribution in [0.1, 0.15) is 13.8 Å². The van der Waals surface area contributed by atoms with Crippen LogP contribution in [0.15, 0.2) is 61.1 Å². The molecule has 0 saturated heterocycles. The molecule has 1 aromatic carbocycles. The molecule has 0 aliphatic carbocycles. The zero-order valence-electron chi connectivity index (χ0n) is 14.6. The van der Waals surface area contributed by atoms with E-state index in [0.717, 1.165) is 11.4 Å². The fourth-order valence-corrected chi connectivity index (χ4v) is 2.13. The van der Waals surface area contributed by atoms with Gasteiger partial charge in [-0.15, -0.1) is 0 Å². The average Bonchev–Trinajstić information content (AvgIpc) is 2.64. The van der Waals surface area contributed by atoms with E-state index in [0.29, 0.717) is 17.5 Å². The number of anilines is 5. The van der Waals surface area contributed by atoms with Crippen molar-refractivity contribution in [3.63, 3.8) is 0 Å². The van der Waals surface area contributed by atoms with E-state index >= 15 is 0 Å². The van der Waals surface area contributed by atoms with Gasteiger partial charge in [0, 0.05) is 29.6 Å². The lowest BCUT2D eigenvalue weighted by Crippen LogP contribution is -2.17. The zero-order valence-corrected chi connectivity index (χ0v) is 14.6. The molecular weight excluding hydrogens is 328 g/mol. The van der Waals surface area contributed by atoms with Crippen LogP contribution >= 0.6 is 0 Å². The minimum Gasteiger partial charge on any atom is -0.340 e. The first-order chi connectivity index (χ1) is 12.6. The number of nitrogens with zero attached hydrogens (tertiary/aromatic N) is 3. The van der Waals surface area contributed by atoms with Crippen LogP contribution in [0.4, 0.5) is 28.8 Å². The van der Waals surface area contributed by atoms with Crippen LogP contribution in [0.2, 0.25) is 0 Å². The van der Waals surface area contributed by atoms with Gasteiger partial charge in [0.25, 0.3) is 0 Å². The van der Waals surface area contributed by atoms with Gasteiger partial charge in [0.05, 0.1) is 0 Å². The van der Waals surface area contributed by atoms with Gasteiger partial charge in [-0.25, -0.2) is 15.0 Å². The van der Waals surface area contributed by atoms with Crippen LogP contribution in [0.5, 0.6) is 0 Å². The monoisotopic (exact) mass is 348 g/mol. The average molecular weight is 348 g/mol. The summed E-state index contributed by atoms with van der Waals surface area (Å²) in [4.78, 5) is 24.3. The standard InChI is InChI=1S/C19H20N6O/c1-13(2)19(26)24-15-8-6-14(7-9-15)23-17-11-18(22-12-21-17)25-16-5-3-4-10-20-16/h3-13H,1-2H3,(H,24,26)(H2,20,21,22,23,25). The number of benzene rings is 1. The molecule has 3 N–H and O–H groups in total.